The number of aliphatic hydroxyl groups excluding tert-OH is 1. The first-order valence-electron chi connectivity index (χ1n) is 6.48. The van der Waals surface area contributed by atoms with Crippen LogP contribution in [0.1, 0.15) is 25.7 Å². The molecule has 6 heteroatoms. The molecule has 0 aliphatic heterocycles. The van der Waals surface area contributed by atoms with E-state index in [4.69, 9.17) is 5.84 Å². The third-order valence-electron chi connectivity index (χ3n) is 3.63. The number of nitrogen functional groups attached to an aromatic ring is 1. The molecule has 1 fully saturated rings. The molecule has 0 amide bonds. The Kier molecular flexibility index (Phi) is 4.72. The Bertz CT molecular complexity index is 373. The molecule has 18 heavy (non-hydrogen) atoms. The average Bonchev–Trinajstić information content (AvgIpc) is 2.45. The van der Waals surface area contributed by atoms with Crippen LogP contribution in [0.5, 0.6) is 0 Å². The molecule has 0 saturated heterocycles. The Hall–Kier alpha value is -1.40. The van der Waals surface area contributed by atoms with Gasteiger partial charge in [0.2, 0.25) is 5.95 Å². The molecule has 2 rings (SSSR count). The molecule has 100 valence electrons. The maximum Gasteiger partial charge on any atom is 0.239 e. The summed E-state index contributed by atoms with van der Waals surface area (Å²) in [6, 6.07) is 1.82. The van der Waals surface area contributed by atoms with E-state index in [9.17, 15) is 5.11 Å². The monoisotopic (exact) mass is 251 g/mol. The van der Waals surface area contributed by atoms with Gasteiger partial charge in [-0.05, 0) is 30.7 Å². The van der Waals surface area contributed by atoms with E-state index in [2.05, 4.69) is 20.7 Å². The molecule has 6 nitrogen and oxygen atoms in total. The van der Waals surface area contributed by atoms with Crippen LogP contribution in [0.15, 0.2) is 12.3 Å². The molecule has 5 N–H and O–H groups in total. The molecule has 1 aliphatic carbocycles. The number of nitrogens with two attached hydrogens (primary N) is 1. The largest absolute Gasteiger partial charge is 0.396 e. The number of hydrazine groups is 1. The fourth-order valence-electron chi connectivity index (χ4n) is 2.56. The summed E-state index contributed by atoms with van der Waals surface area (Å²) in [6.07, 6.45) is 6.45. The first kappa shape index (κ1) is 13.0. The summed E-state index contributed by atoms with van der Waals surface area (Å²) in [5.41, 5.74) is 2.42. The SMILES string of the molecule is NNc1nccc(NCC2CCCCC2CO)n1. The number of anilines is 2. The molecule has 1 aromatic rings. The maximum atomic E-state index is 9.36. The van der Waals surface area contributed by atoms with Crippen molar-refractivity contribution in [3.05, 3.63) is 12.3 Å². The van der Waals surface area contributed by atoms with E-state index >= 15 is 0 Å². The van der Waals surface area contributed by atoms with Crippen molar-refractivity contribution in [3.8, 4) is 0 Å². The van der Waals surface area contributed by atoms with Gasteiger partial charge in [-0.15, -0.1) is 0 Å². The highest BCUT2D eigenvalue weighted by atomic mass is 16.3. The van der Waals surface area contributed by atoms with Crippen molar-refractivity contribution in [2.24, 2.45) is 17.7 Å². The molecule has 1 heterocycles. The quantitative estimate of drug-likeness (QED) is 0.460. The number of nitrogens with one attached hydrogen (secondary N) is 2. The second-order valence-electron chi connectivity index (χ2n) is 4.78. The molecule has 1 aliphatic rings. The van der Waals surface area contributed by atoms with Crippen LogP contribution in [-0.2, 0) is 0 Å². The Morgan fingerprint density at radius 1 is 1.33 bits per heavy atom. The zero-order valence-electron chi connectivity index (χ0n) is 10.5. The van der Waals surface area contributed by atoms with Crippen LogP contribution in [0.25, 0.3) is 0 Å². The molecule has 2 unspecified atom stereocenters. The number of rotatable bonds is 5. The van der Waals surface area contributed by atoms with Crippen LogP contribution in [0, 0.1) is 11.8 Å². The van der Waals surface area contributed by atoms with Crippen LogP contribution in [0.4, 0.5) is 11.8 Å². The number of aromatic nitrogens is 2. The minimum Gasteiger partial charge on any atom is -0.396 e. The molecule has 0 spiro atoms. The Balaban J connectivity index is 1.89. The summed E-state index contributed by atoms with van der Waals surface area (Å²) in [5, 5.41) is 12.7. The van der Waals surface area contributed by atoms with Gasteiger partial charge < -0.3 is 10.4 Å². The predicted molar refractivity (Wildman–Crippen MR) is 70.9 cm³/mol. The van der Waals surface area contributed by atoms with Crippen molar-refractivity contribution in [1.29, 1.82) is 0 Å². The minimum absolute atomic E-state index is 0.283. The van der Waals surface area contributed by atoms with Gasteiger partial charge >= 0.3 is 0 Å². The fraction of sp³-hybridized carbons (Fsp3) is 0.667. The highest BCUT2D eigenvalue weighted by Gasteiger charge is 2.24. The molecule has 1 aromatic heterocycles. The van der Waals surface area contributed by atoms with E-state index in [1.165, 1.54) is 19.3 Å². The lowest BCUT2D eigenvalue weighted by Gasteiger charge is -2.30. The van der Waals surface area contributed by atoms with Crippen LogP contribution in [0.3, 0.4) is 0 Å². The van der Waals surface area contributed by atoms with Crippen LogP contribution < -0.4 is 16.6 Å². The number of hydrogen-bond donors (Lipinski definition) is 4. The van der Waals surface area contributed by atoms with E-state index in [1.54, 1.807) is 6.20 Å². The van der Waals surface area contributed by atoms with E-state index in [1.807, 2.05) is 6.07 Å². The Labute approximate surface area is 107 Å². The number of aliphatic hydroxyl groups is 1. The van der Waals surface area contributed by atoms with Crippen LogP contribution in [0.2, 0.25) is 0 Å². The third kappa shape index (κ3) is 3.30. The lowest BCUT2D eigenvalue weighted by atomic mass is 9.79. The zero-order valence-corrected chi connectivity index (χ0v) is 10.5. The van der Waals surface area contributed by atoms with Crippen molar-refractivity contribution in [2.75, 3.05) is 23.9 Å². The smallest absolute Gasteiger partial charge is 0.239 e. The molecule has 1 saturated carbocycles. The van der Waals surface area contributed by atoms with E-state index in [-0.39, 0.29) is 6.61 Å². The summed E-state index contributed by atoms with van der Waals surface area (Å²) < 4.78 is 0. The van der Waals surface area contributed by atoms with Crippen molar-refractivity contribution < 1.29 is 5.11 Å². The second kappa shape index (κ2) is 6.51. The van der Waals surface area contributed by atoms with Gasteiger partial charge in [-0.1, -0.05) is 12.8 Å². The van der Waals surface area contributed by atoms with E-state index in [0.717, 1.165) is 18.8 Å². The van der Waals surface area contributed by atoms with Gasteiger partial charge in [0.25, 0.3) is 0 Å². The Morgan fingerprint density at radius 3 is 2.83 bits per heavy atom. The lowest BCUT2D eigenvalue weighted by Crippen LogP contribution is -2.28. The highest BCUT2D eigenvalue weighted by Crippen LogP contribution is 2.29. The van der Waals surface area contributed by atoms with Gasteiger partial charge in [-0.2, -0.15) is 4.98 Å². The molecule has 0 radical (unpaired) electrons. The first-order chi connectivity index (χ1) is 8.83. The standard InChI is InChI=1S/C12H21N5O/c13-17-12-14-6-5-11(16-12)15-7-9-3-1-2-4-10(9)8-18/h5-6,9-10,18H,1-4,7-8,13H2,(H2,14,15,16,17). The first-order valence-corrected chi connectivity index (χ1v) is 6.48. The van der Waals surface area contributed by atoms with Gasteiger partial charge in [-0.3, -0.25) is 5.43 Å². The number of hydrogen-bond acceptors (Lipinski definition) is 6. The highest BCUT2D eigenvalue weighted by molar-refractivity contribution is 5.38. The van der Waals surface area contributed by atoms with E-state index in [0.29, 0.717) is 17.8 Å². The topological polar surface area (TPSA) is 96.1 Å². The molecule has 0 bridgehead atoms. The normalized spacial score (nSPS) is 23.7. The molecular formula is C12H21N5O. The number of nitrogens with zero attached hydrogens (tertiary/aromatic N) is 2. The maximum absolute atomic E-state index is 9.36. The van der Waals surface area contributed by atoms with Crippen LogP contribution >= 0.6 is 0 Å². The van der Waals surface area contributed by atoms with Crippen molar-refractivity contribution in [3.63, 3.8) is 0 Å². The predicted octanol–water partition coefficient (Wildman–Crippen LogP) is 0.973. The third-order valence-corrected chi connectivity index (χ3v) is 3.63. The summed E-state index contributed by atoms with van der Waals surface area (Å²) >= 11 is 0. The van der Waals surface area contributed by atoms with Crippen molar-refractivity contribution >= 4 is 11.8 Å². The fourth-order valence-corrected chi connectivity index (χ4v) is 2.56. The zero-order chi connectivity index (χ0) is 12.8. The molecule has 0 aromatic carbocycles. The average molecular weight is 251 g/mol. The summed E-state index contributed by atoms with van der Waals surface area (Å²) in [6.45, 7) is 1.12. The van der Waals surface area contributed by atoms with Crippen LogP contribution in [-0.4, -0.2) is 28.2 Å². The second-order valence-corrected chi connectivity index (χ2v) is 4.78. The molecule has 2 atom stereocenters. The van der Waals surface area contributed by atoms with Gasteiger partial charge in [0.05, 0.1) is 0 Å². The van der Waals surface area contributed by atoms with Crippen molar-refractivity contribution in [1.82, 2.24) is 9.97 Å². The van der Waals surface area contributed by atoms with Crippen molar-refractivity contribution in [2.45, 2.75) is 25.7 Å². The lowest BCUT2D eigenvalue weighted by molar-refractivity contribution is 0.141. The summed E-state index contributed by atoms with van der Waals surface area (Å²) in [4.78, 5) is 8.16. The van der Waals surface area contributed by atoms with Gasteiger partial charge in [-0.25, -0.2) is 10.8 Å². The molecular weight excluding hydrogens is 230 g/mol. The summed E-state index contributed by atoms with van der Waals surface area (Å²) in [5.74, 6) is 7.37. The Morgan fingerprint density at radius 2 is 2.11 bits per heavy atom. The van der Waals surface area contributed by atoms with Gasteiger partial charge in [0.15, 0.2) is 0 Å². The van der Waals surface area contributed by atoms with Gasteiger partial charge in [0, 0.05) is 19.3 Å². The minimum atomic E-state index is 0.283. The summed E-state index contributed by atoms with van der Waals surface area (Å²) in [7, 11) is 0. The van der Waals surface area contributed by atoms with E-state index < -0.39 is 0 Å². The van der Waals surface area contributed by atoms with Gasteiger partial charge in [0.1, 0.15) is 5.82 Å².